The van der Waals surface area contributed by atoms with Crippen LogP contribution in [0.25, 0.3) is 0 Å². The zero-order chi connectivity index (χ0) is 15.8. The van der Waals surface area contributed by atoms with E-state index in [1.807, 2.05) is 0 Å². The summed E-state index contributed by atoms with van der Waals surface area (Å²) in [5, 5.41) is 14.7. The molecule has 1 aromatic carbocycles. The highest BCUT2D eigenvalue weighted by molar-refractivity contribution is 5.97. The molecule has 0 aliphatic heterocycles. The normalized spacial score (nSPS) is 12.4. The van der Waals surface area contributed by atoms with E-state index in [4.69, 9.17) is 10.9 Å². The Morgan fingerprint density at radius 3 is 2.81 bits per heavy atom. The molecular weight excluding hydrogens is 271 g/mol. The molecule has 1 rings (SSSR count). The third kappa shape index (κ3) is 5.32. The van der Waals surface area contributed by atoms with Gasteiger partial charge in [-0.2, -0.15) is 0 Å². The van der Waals surface area contributed by atoms with Gasteiger partial charge in [-0.25, -0.2) is 4.39 Å². The number of nitrogens with one attached hydrogen (secondary N) is 1. The lowest BCUT2D eigenvalue weighted by molar-refractivity contribution is 0.269. The molecule has 0 saturated carbocycles. The van der Waals surface area contributed by atoms with Crippen molar-refractivity contribution in [3.63, 3.8) is 0 Å². The first-order valence-corrected chi connectivity index (χ1v) is 7.13. The van der Waals surface area contributed by atoms with E-state index in [1.54, 1.807) is 12.1 Å². The molecule has 4 N–H and O–H groups in total. The monoisotopic (exact) mass is 296 g/mol. The summed E-state index contributed by atoms with van der Waals surface area (Å²) in [4.78, 5) is 2.27. The Balaban J connectivity index is 2.46. The Hall–Kier alpha value is -1.66. The van der Waals surface area contributed by atoms with Crippen LogP contribution in [0.3, 0.4) is 0 Å². The van der Waals surface area contributed by atoms with Crippen LogP contribution in [0.5, 0.6) is 0 Å². The number of hydrogen-bond acceptors (Lipinski definition) is 4. The number of amidine groups is 1. The number of hydrogen-bond donors (Lipinski definition) is 3. The van der Waals surface area contributed by atoms with E-state index >= 15 is 0 Å². The zero-order valence-electron chi connectivity index (χ0n) is 12.9. The molecule has 0 fully saturated rings. The van der Waals surface area contributed by atoms with Gasteiger partial charge in [-0.15, -0.1) is 0 Å². The second-order valence-electron chi connectivity index (χ2n) is 5.37. The Morgan fingerprint density at radius 2 is 2.19 bits per heavy atom. The van der Waals surface area contributed by atoms with E-state index in [0.29, 0.717) is 18.2 Å². The number of nitrogens with two attached hydrogens (primary N) is 1. The molecule has 21 heavy (non-hydrogen) atoms. The number of oxime groups is 1. The molecule has 0 aromatic heterocycles. The lowest BCUT2D eigenvalue weighted by Crippen LogP contribution is -2.29. The molecular formula is C15H25FN4O. The molecule has 0 unspecified atom stereocenters. The van der Waals surface area contributed by atoms with Crippen LogP contribution in [-0.4, -0.2) is 42.1 Å². The maximum atomic E-state index is 14.1. The Labute approximate surface area is 125 Å². The molecule has 0 heterocycles. The highest BCUT2D eigenvalue weighted by atomic mass is 19.1. The van der Waals surface area contributed by atoms with Gasteiger partial charge in [0.15, 0.2) is 5.84 Å². The Kier molecular flexibility index (Phi) is 7.11. The van der Waals surface area contributed by atoms with Crippen LogP contribution < -0.4 is 11.1 Å². The van der Waals surface area contributed by atoms with Gasteiger partial charge in [-0.1, -0.05) is 17.3 Å². The largest absolute Gasteiger partial charge is 0.409 e. The van der Waals surface area contributed by atoms with Crippen molar-refractivity contribution in [3.05, 3.63) is 35.1 Å². The van der Waals surface area contributed by atoms with Crippen molar-refractivity contribution in [2.75, 3.05) is 20.1 Å². The van der Waals surface area contributed by atoms with E-state index in [0.717, 1.165) is 19.5 Å². The van der Waals surface area contributed by atoms with Crippen LogP contribution in [0, 0.1) is 5.82 Å². The summed E-state index contributed by atoms with van der Waals surface area (Å²) < 4.78 is 14.1. The summed E-state index contributed by atoms with van der Waals surface area (Å²) >= 11 is 0. The number of halogens is 1. The van der Waals surface area contributed by atoms with Crippen LogP contribution in [0.4, 0.5) is 4.39 Å². The van der Waals surface area contributed by atoms with Crippen LogP contribution in [0.15, 0.2) is 23.4 Å². The van der Waals surface area contributed by atoms with E-state index < -0.39 is 5.82 Å². The quantitative estimate of drug-likeness (QED) is 0.225. The third-order valence-electron chi connectivity index (χ3n) is 3.52. The standard InChI is InChI=1S/C15H25FN4O/c1-11(2)20(3)9-5-8-18-10-12-6-4-7-13(14(12)16)15(17)19-21/h4,6-7,11,18,21H,5,8-10H2,1-3H3,(H2,17,19). The molecule has 0 bridgehead atoms. The molecule has 1 aromatic rings. The smallest absolute Gasteiger partial charge is 0.173 e. The van der Waals surface area contributed by atoms with E-state index in [-0.39, 0.29) is 11.4 Å². The topological polar surface area (TPSA) is 73.9 Å². The van der Waals surface area contributed by atoms with Crippen molar-refractivity contribution in [1.29, 1.82) is 0 Å². The average molecular weight is 296 g/mol. The predicted molar refractivity (Wildman–Crippen MR) is 83.0 cm³/mol. The van der Waals surface area contributed by atoms with E-state index in [1.165, 1.54) is 6.07 Å². The van der Waals surface area contributed by atoms with Gasteiger partial charge in [0.25, 0.3) is 0 Å². The van der Waals surface area contributed by atoms with Gasteiger partial charge in [0.05, 0.1) is 5.56 Å². The minimum Gasteiger partial charge on any atom is -0.409 e. The lowest BCUT2D eigenvalue weighted by Gasteiger charge is -2.20. The second-order valence-corrected chi connectivity index (χ2v) is 5.37. The van der Waals surface area contributed by atoms with Gasteiger partial charge in [0.2, 0.25) is 0 Å². The van der Waals surface area contributed by atoms with Gasteiger partial charge in [0.1, 0.15) is 5.82 Å². The van der Waals surface area contributed by atoms with Crippen molar-refractivity contribution >= 4 is 5.84 Å². The Bertz CT molecular complexity index is 477. The van der Waals surface area contributed by atoms with Gasteiger partial charge >= 0.3 is 0 Å². The highest BCUT2D eigenvalue weighted by Gasteiger charge is 2.11. The second kappa shape index (κ2) is 8.59. The first-order chi connectivity index (χ1) is 9.97. The summed E-state index contributed by atoms with van der Waals surface area (Å²) in [5.41, 5.74) is 6.07. The van der Waals surface area contributed by atoms with E-state index in [2.05, 4.69) is 36.3 Å². The van der Waals surface area contributed by atoms with Crippen molar-refractivity contribution in [2.45, 2.75) is 32.9 Å². The predicted octanol–water partition coefficient (Wildman–Crippen LogP) is 1.74. The summed E-state index contributed by atoms with van der Waals surface area (Å²) in [5.74, 6) is -0.660. The van der Waals surface area contributed by atoms with Gasteiger partial charge < -0.3 is 21.2 Å². The van der Waals surface area contributed by atoms with Crippen molar-refractivity contribution < 1.29 is 9.60 Å². The summed E-state index contributed by atoms with van der Waals surface area (Å²) in [6.07, 6.45) is 0.996. The fourth-order valence-corrected chi connectivity index (χ4v) is 1.90. The van der Waals surface area contributed by atoms with Crippen LogP contribution in [0.2, 0.25) is 0 Å². The minimum atomic E-state index is -0.445. The molecule has 0 amide bonds. The average Bonchev–Trinajstić information content (AvgIpc) is 2.47. The maximum absolute atomic E-state index is 14.1. The number of rotatable bonds is 8. The molecule has 0 radical (unpaired) electrons. The summed E-state index contributed by atoms with van der Waals surface area (Å²) in [7, 11) is 2.09. The van der Waals surface area contributed by atoms with Crippen LogP contribution >= 0.6 is 0 Å². The fourth-order valence-electron chi connectivity index (χ4n) is 1.90. The van der Waals surface area contributed by atoms with Crippen LogP contribution in [0.1, 0.15) is 31.4 Å². The third-order valence-corrected chi connectivity index (χ3v) is 3.52. The molecule has 0 saturated heterocycles. The molecule has 0 atom stereocenters. The molecule has 5 nitrogen and oxygen atoms in total. The fraction of sp³-hybridized carbons (Fsp3) is 0.533. The van der Waals surface area contributed by atoms with Crippen LogP contribution in [-0.2, 0) is 6.54 Å². The van der Waals surface area contributed by atoms with Crippen molar-refractivity contribution in [2.24, 2.45) is 10.9 Å². The first kappa shape index (κ1) is 17.4. The van der Waals surface area contributed by atoms with Crippen molar-refractivity contribution in [3.8, 4) is 0 Å². The number of nitrogens with zero attached hydrogens (tertiary/aromatic N) is 2. The minimum absolute atomic E-state index is 0.122. The van der Waals surface area contributed by atoms with E-state index in [9.17, 15) is 4.39 Å². The molecule has 0 aliphatic rings. The zero-order valence-corrected chi connectivity index (χ0v) is 12.9. The first-order valence-electron chi connectivity index (χ1n) is 7.13. The van der Waals surface area contributed by atoms with Crippen molar-refractivity contribution in [1.82, 2.24) is 10.2 Å². The lowest BCUT2D eigenvalue weighted by atomic mass is 10.1. The number of benzene rings is 1. The Morgan fingerprint density at radius 1 is 1.48 bits per heavy atom. The molecule has 0 aliphatic carbocycles. The summed E-state index contributed by atoms with van der Waals surface area (Å²) in [6.45, 7) is 6.54. The van der Waals surface area contributed by atoms with Gasteiger partial charge in [-0.05, 0) is 46.5 Å². The molecule has 118 valence electrons. The maximum Gasteiger partial charge on any atom is 0.173 e. The molecule has 6 heteroatoms. The van der Waals surface area contributed by atoms with Gasteiger partial charge in [-0.3, -0.25) is 0 Å². The molecule has 0 spiro atoms. The highest BCUT2D eigenvalue weighted by Crippen LogP contribution is 2.12. The SMILES string of the molecule is CC(C)N(C)CCCNCc1cccc(/C(N)=N/O)c1F. The van der Waals surface area contributed by atoms with Gasteiger partial charge in [0, 0.05) is 18.2 Å². The summed E-state index contributed by atoms with van der Waals surface area (Å²) in [6, 6.07) is 5.40.